The Labute approximate surface area is 179 Å². The molecule has 0 heterocycles. The summed E-state index contributed by atoms with van der Waals surface area (Å²) in [6.07, 6.45) is 1.07. The van der Waals surface area contributed by atoms with Crippen LogP contribution in [0.1, 0.15) is 12.0 Å². The van der Waals surface area contributed by atoms with E-state index in [1.54, 1.807) is 42.5 Å². The number of aryl methyl sites for hydroxylation is 1. The third-order valence-corrected chi connectivity index (χ3v) is 5.01. The summed E-state index contributed by atoms with van der Waals surface area (Å²) in [6, 6.07) is 27.8. The first-order chi connectivity index (χ1) is 15.1. The van der Waals surface area contributed by atoms with Crippen molar-refractivity contribution < 1.29 is 9.72 Å². The smallest absolute Gasteiger partial charge is 0.300 e. The number of carbonyl (C=O) groups excluding carboxylic acids is 1. The summed E-state index contributed by atoms with van der Waals surface area (Å²) in [5.41, 5.74) is 2.95. The third kappa shape index (κ3) is 4.87. The van der Waals surface area contributed by atoms with Crippen molar-refractivity contribution in [2.75, 3.05) is 10.6 Å². The molecule has 154 valence electrons. The zero-order valence-corrected chi connectivity index (χ0v) is 16.7. The number of nitro benzene ring substituents is 1. The molecular weight excluding hydrogens is 390 g/mol. The van der Waals surface area contributed by atoms with Crippen LogP contribution >= 0.6 is 0 Å². The van der Waals surface area contributed by atoms with Crippen molar-refractivity contribution in [2.45, 2.75) is 12.8 Å². The highest BCUT2D eigenvalue weighted by atomic mass is 16.6. The Bertz CT molecular complexity index is 1220. The third-order valence-electron chi connectivity index (χ3n) is 5.01. The zero-order chi connectivity index (χ0) is 21.6. The highest BCUT2D eigenvalue weighted by Gasteiger charge is 2.18. The molecule has 0 fully saturated rings. The van der Waals surface area contributed by atoms with Crippen molar-refractivity contribution in [3.63, 3.8) is 0 Å². The quantitative estimate of drug-likeness (QED) is 0.286. The van der Waals surface area contributed by atoms with Gasteiger partial charge in [-0.1, -0.05) is 54.6 Å². The lowest BCUT2D eigenvalue weighted by atomic mass is 10.1. The highest BCUT2D eigenvalue weighted by molar-refractivity contribution is 5.97. The molecule has 0 bridgehead atoms. The van der Waals surface area contributed by atoms with E-state index in [0.29, 0.717) is 35.3 Å². The number of nitro groups is 1. The van der Waals surface area contributed by atoms with Gasteiger partial charge >= 0.3 is 0 Å². The van der Waals surface area contributed by atoms with Crippen LogP contribution in [-0.2, 0) is 11.2 Å². The highest BCUT2D eigenvalue weighted by Crippen LogP contribution is 2.35. The molecule has 31 heavy (non-hydrogen) atoms. The molecule has 4 aromatic carbocycles. The number of fused-ring (bicyclic) bond motifs is 1. The maximum Gasteiger partial charge on any atom is 0.300 e. The monoisotopic (exact) mass is 411 g/mol. The van der Waals surface area contributed by atoms with Gasteiger partial charge in [-0.05, 0) is 53.8 Å². The summed E-state index contributed by atoms with van der Waals surface area (Å²) in [6.45, 7) is 0. The SMILES string of the molecule is O=C(CCc1ccccc1)Nc1ccc(Nc2ccc3ccccc3c2[N+](=O)[O-])cc1. The molecule has 1 amide bonds. The summed E-state index contributed by atoms with van der Waals surface area (Å²) < 4.78 is 0. The summed E-state index contributed by atoms with van der Waals surface area (Å²) in [4.78, 5) is 23.5. The molecule has 4 rings (SSSR count). The van der Waals surface area contributed by atoms with Gasteiger partial charge in [-0.3, -0.25) is 14.9 Å². The van der Waals surface area contributed by atoms with Gasteiger partial charge in [0.2, 0.25) is 5.91 Å². The average molecular weight is 411 g/mol. The van der Waals surface area contributed by atoms with Gasteiger partial charge in [-0.25, -0.2) is 0 Å². The Morgan fingerprint density at radius 1 is 0.806 bits per heavy atom. The van der Waals surface area contributed by atoms with Crippen molar-refractivity contribution in [3.05, 3.63) is 107 Å². The summed E-state index contributed by atoms with van der Waals surface area (Å²) in [5.74, 6) is -0.0604. The second-order valence-corrected chi connectivity index (χ2v) is 7.18. The van der Waals surface area contributed by atoms with Crippen LogP contribution in [0.5, 0.6) is 0 Å². The normalized spacial score (nSPS) is 10.6. The fourth-order valence-electron chi connectivity index (χ4n) is 3.47. The van der Waals surface area contributed by atoms with Gasteiger partial charge in [-0.15, -0.1) is 0 Å². The van der Waals surface area contributed by atoms with Crippen LogP contribution in [0.25, 0.3) is 10.8 Å². The fourth-order valence-corrected chi connectivity index (χ4v) is 3.47. The Hall–Kier alpha value is -4.19. The number of carbonyl (C=O) groups is 1. The number of nitrogens with zero attached hydrogens (tertiary/aromatic N) is 1. The van der Waals surface area contributed by atoms with Crippen molar-refractivity contribution in [2.24, 2.45) is 0 Å². The van der Waals surface area contributed by atoms with E-state index in [1.165, 1.54) is 0 Å². The van der Waals surface area contributed by atoms with E-state index in [1.807, 2.05) is 48.5 Å². The molecular formula is C25H21N3O3. The molecule has 0 aliphatic rings. The van der Waals surface area contributed by atoms with Gasteiger partial charge in [0, 0.05) is 17.8 Å². The van der Waals surface area contributed by atoms with Crippen LogP contribution in [0.3, 0.4) is 0 Å². The zero-order valence-electron chi connectivity index (χ0n) is 16.7. The second kappa shape index (κ2) is 9.09. The van der Waals surface area contributed by atoms with E-state index >= 15 is 0 Å². The minimum atomic E-state index is -0.369. The molecule has 0 saturated heterocycles. The molecule has 2 N–H and O–H groups in total. The molecule has 0 saturated carbocycles. The number of nitrogens with one attached hydrogen (secondary N) is 2. The number of amides is 1. The number of hydrogen-bond acceptors (Lipinski definition) is 4. The van der Waals surface area contributed by atoms with Crippen molar-refractivity contribution in [1.82, 2.24) is 0 Å². The van der Waals surface area contributed by atoms with Gasteiger partial charge in [0.1, 0.15) is 5.69 Å². The summed E-state index contributed by atoms with van der Waals surface area (Å²) in [5, 5.41) is 19.1. The number of benzene rings is 4. The van der Waals surface area contributed by atoms with Gasteiger partial charge < -0.3 is 10.6 Å². The standard InChI is InChI=1S/C25H21N3O3/c29-24(17-10-18-6-2-1-3-7-18)27-21-14-12-20(13-15-21)26-23-16-11-19-8-4-5-9-22(19)25(23)28(30)31/h1-9,11-16,26H,10,17H2,(H,27,29). The summed E-state index contributed by atoms with van der Waals surface area (Å²) >= 11 is 0. The van der Waals surface area contributed by atoms with Gasteiger partial charge in [0.25, 0.3) is 5.69 Å². The first kappa shape index (κ1) is 20.1. The molecule has 0 aliphatic carbocycles. The van der Waals surface area contributed by atoms with Crippen LogP contribution < -0.4 is 10.6 Å². The molecule has 6 nitrogen and oxygen atoms in total. The van der Waals surface area contributed by atoms with Gasteiger partial charge in [0.05, 0.1) is 10.3 Å². The van der Waals surface area contributed by atoms with Crippen LogP contribution in [0, 0.1) is 10.1 Å². The lowest BCUT2D eigenvalue weighted by Crippen LogP contribution is -2.12. The Morgan fingerprint density at radius 2 is 1.48 bits per heavy atom. The van der Waals surface area contributed by atoms with E-state index in [-0.39, 0.29) is 16.5 Å². The van der Waals surface area contributed by atoms with Crippen LogP contribution in [0.2, 0.25) is 0 Å². The molecule has 0 radical (unpaired) electrons. The molecule has 0 atom stereocenters. The Balaban J connectivity index is 1.43. The first-order valence-corrected chi connectivity index (χ1v) is 9.97. The lowest BCUT2D eigenvalue weighted by molar-refractivity contribution is -0.382. The van der Waals surface area contributed by atoms with Gasteiger partial charge in [-0.2, -0.15) is 0 Å². The first-order valence-electron chi connectivity index (χ1n) is 9.97. The predicted molar refractivity (Wildman–Crippen MR) is 124 cm³/mol. The molecule has 0 spiro atoms. The molecule has 0 aliphatic heterocycles. The second-order valence-electron chi connectivity index (χ2n) is 7.18. The number of rotatable bonds is 7. The van der Waals surface area contributed by atoms with E-state index in [2.05, 4.69) is 10.6 Å². The fraction of sp³-hybridized carbons (Fsp3) is 0.0800. The van der Waals surface area contributed by atoms with Crippen LogP contribution in [-0.4, -0.2) is 10.8 Å². The maximum absolute atomic E-state index is 12.2. The summed E-state index contributed by atoms with van der Waals surface area (Å²) in [7, 11) is 0. The van der Waals surface area contributed by atoms with E-state index < -0.39 is 0 Å². The topological polar surface area (TPSA) is 84.3 Å². The molecule has 6 heteroatoms. The Kier molecular flexibility index (Phi) is 5.89. The van der Waals surface area contributed by atoms with E-state index in [9.17, 15) is 14.9 Å². The van der Waals surface area contributed by atoms with E-state index in [0.717, 1.165) is 10.9 Å². The number of anilines is 3. The largest absolute Gasteiger partial charge is 0.350 e. The van der Waals surface area contributed by atoms with Crippen molar-refractivity contribution >= 4 is 39.4 Å². The van der Waals surface area contributed by atoms with E-state index in [4.69, 9.17) is 0 Å². The van der Waals surface area contributed by atoms with Crippen LogP contribution in [0.4, 0.5) is 22.7 Å². The average Bonchev–Trinajstić information content (AvgIpc) is 2.79. The minimum Gasteiger partial charge on any atom is -0.350 e. The van der Waals surface area contributed by atoms with Crippen LogP contribution in [0.15, 0.2) is 91.0 Å². The number of hydrogen-bond donors (Lipinski definition) is 2. The molecule has 4 aromatic rings. The maximum atomic E-state index is 12.2. The Morgan fingerprint density at radius 3 is 2.23 bits per heavy atom. The van der Waals surface area contributed by atoms with Crippen molar-refractivity contribution in [1.29, 1.82) is 0 Å². The molecule has 0 unspecified atom stereocenters. The predicted octanol–water partition coefficient (Wildman–Crippen LogP) is 6.06. The lowest BCUT2D eigenvalue weighted by Gasteiger charge is -2.11. The minimum absolute atomic E-state index is 0.0383. The molecule has 0 aromatic heterocycles. The van der Waals surface area contributed by atoms with Gasteiger partial charge in [0.15, 0.2) is 0 Å². The van der Waals surface area contributed by atoms with Crippen molar-refractivity contribution in [3.8, 4) is 0 Å².